The maximum Gasteiger partial charge on any atom is 0.194 e. The topological polar surface area (TPSA) is 50.7 Å². The molecule has 2 rings (SSSR count). The van der Waals surface area contributed by atoms with Crippen molar-refractivity contribution in [3.63, 3.8) is 0 Å². The van der Waals surface area contributed by atoms with Gasteiger partial charge in [-0.1, -0.05) is 13.8 Å². The van der Waals surface area contributed by atoms with E-state index in [9.17, 15) is 0 Å². The third-order valence-corrected chi connectivity index (χ3v) is 3.93. The van der Waals surface area contributed by atoms with Crippen LogP contribution in [0.5, 0.6) is 0 Å². The molecule has 0 fully saturated rings. The van der Waals surface area contributed by atoms with E-state index in [1.54, 1.807) is 17.5 Å². The van der Waals surface area contributed by atoms with Crippen LogP contribution in [0.2, 0.25) is 0 Å². The minimum atomic E-state index is 0.658. The van der Waals surface area contributed by atoms with Crippen molar-refractivity contribution in [2.75, 3.05) is 6.54 Å². The summed E-state index contributed by atoms with van der Waals surface area (Å²) in [4.78, 5) is 12.9. The number of hydrogen-bond acceptors (Lipinski definition) is 6. The predicted octanol–water partition coefficient (Wildman–Crippen LogP) is 2.83. The fraction of sp³-hybridized carbons (Fsp3) is 0.417. The summed E-state index contributed by atoms with van der Waals surface area (Å²) in [5.41, 5.74) is 1.11. The number of aromatic nitrogens is 3. The normalized spacial score (nSPS) is 11.1. The lowest BCUT2D eigenvalue weighted by Crippen LogP contribution is -2.19. The van der Waals surface area contributed by atoms with Gasteiger partial charge in [-0.25, -0.2) is 15.0 Å². The van der Waals surface area contributed by atoms with E-state index in [4.69, 9.17) is 0 Å². The molecule has 0 atom stereocenters. The summed E-state index contributed by atoms with van der Waals surface area (Å²) >= 11 is 3.10. The van der Waals surface area contributed by atoms with E-state index in [0.29, 0.717) is 5.92 Å². The van der Waals surface area contributed by atoms with E-state index < -0.39 is 0 Å². The van der Waals surface area contributed by atoms with Crippen molar-refractivity contribution < 1.29 is 0 Å². The summed E-state index contributed by atoms with van der Waals surface area (Å²) in [5.74, 6) is 0.658. The molecular formula is C12H16N4S2. The highest BCUT2D eigenvalue weighted by Crippen LogP contribution is 2.25. The summed E-state index contributed by atoms with van der Waals surface area (Å²) in [7, 11) is 0. The summed E-state index contributed by atoms with van der Waals surface area (Å²) in [6.07, 6.45) is 5.53. The monoisotopic (exact) mass is 280 g/mol. The predicted molar refractivity (Wildman–Crippen MR) is 74.8 cm³/mol. The first-order chi connectivity index (χ1) is 8.74. The Morgan fingerprint density at radius 1 is 1.28 bits per heavy atom. The number of rotatable bonds is 6. The summed E-state index contributed by atoms with van der Waals surface area (Å²) in [6, 6.07) is 0. The van der Waals surface area contributed by atoms with Crippen molar-refractivity contribution in [3.05, 3.63) is 29.5 Å². The van der Waals surface area contributed by atoms with Gasteiger partial charge in [-0.05, 0) is 24.2 Å². The zero-order valence-corrected chi connectivity index (χ0v) is 12.1. The lowest BCUT2D eigenvalue weighted by Gasteiger charge is -2.06. The molecule has 0 aliphatic rings. The molecule has 0 saturated carbocycles. The lowest BCUT2D eigenvalue weighted by atomic mass is 10.2. The Morgan fingerprint density at radius 3 is 2.67 bits per heavy atom. The highest BCUT2D eigenvalue weighted by molar-refractivity contribution is 8.00. The molecule has 0 radical (unpaired) electrons. The maximum absolute atomic E-state index is 4.33. The molecule has 0 unspecified atom stereocenters. The van der Waals surface area contributed by atoms with Gasteiger partial charge >= 0.3 is 0 Å². The molecule has 2 heterocycles. The van der Waals surface area contributed by atoms with Crippen LogP contribution in [0, 0.1) is 5.92 Å². The molecule has 2 aromatic heterocycles. The zero-order chi connectivity index (χ0) is 12.8. The van der Waals surface area contributed by atoms with Crippen molar-refractivity contribution >= 4 is 23.1 Å². The quantitative estimate of drug-likeness (QED) is 0.825. The van der Waals surface area contributed by atoms with E-state index in [1.807, 2.05) is 17.8 Å². The van der Waals surface area contributed by atoms with Gasteiger partial charge in [0.25, 0.3) is 0 Å². The second kappa shape index (κ2) is 6.82. The fourth-order valence-electron chi connectivity index (χ4n) is 1.33. The third-order valence-electron chi connectivity index (χ3n) is 2.15. The van der Waals surface area contributed by atoms with Gasteiger partial charge in [-0.15, -0.1) is 11.3 Å². The number of nitrogens with zero attached hydrogens (tertiary/aromatic N) is 3. The van der Waals surface area contributed by atoms with Crippen LogP contribution in [0.1, 0.15) is 19.4 Å². The largest absolute Gasteiger partial charge is 0.312 e. The van der Waals surface area contributed by atoms with Crippen molar-refractivity contribution in [2.24, 2.45) is 5.92 Å². The molecule has 0 saturated heterocycles. The first-order valence-electron chi connectivity index (χ1n) is 5.83. The van der Waals surface area contributed by atoms with Crippen LogP contribution in [0.4, 0.5) is 0 Å². The maximum atomic E-state index is 4.33. The first-order valence-corrected chi connectivity index (χ1v) is 7.52. The number of hydrogen-bond donors (Lipinski definition) is 1. The molecule has 0 aliphatic carbocycles. The summed E-state index contributed by atoms with van der Waals surface area (Å²) in [5, 5.41) is 6.07. The second-order valence-corrected chi connectivity index (χ2v) is 6.41. The Balaban J connectivity index is 1.85. The molecule has 0 aliphatic heterocycles. The lowest BCUT2D eigenvalue weighted by molar-refractivity contribution is 0.550. The minimum absolute atomic E-state index is 0.658. The molecule has 0 aromatic carbocycles. The molecule has 2 aromatic rings. The molecule has 0 amide bonds. The average Bonchev–Trinajstić information content (AvgIpc) is 2.84. The Morgan fingerprint density at radius 2 is 2.06 bits per heavy atom. The molecule has 1 N–H and O–H groups in total. The van der Waals surface area contributed by atoms with Crippen molar-refractivity contribution in [2.45, 2.75) is 29.9 Å². The molecule has 18 heavy (non-hydrogen) atoms. The Bertz CT molecular complexity index is 453. The van der Waals surface area contributed by atoms with Crippen LogP contribution >= 0.6 is 23.1 Å². The number of nitrogens with one attached hydrogen (secondary N) is 1. The van der Waals surface area contributed by atoms with Crippen LogP contribution in [-0.2, 0) is 6.54 Å². The van der Waals surface area contributed by atoms with Crippen LogP contribution in [0.3, 0.4) is 0 Å². The molecule has 0 bridgehead atoms. The van der Waals surface area contributed by atoms with Crippen LogP contribution < -0.4 is 5.32 Å². The van der Waals surface area contributed by atoms with E-state index in [0.717, 1.165) is 28.1 Å². The van der Waals surface area contributed by atoms with Gasteiger partial charge in [-0.2, -0.15) is 0 Å². The summed E-state index contributed by atoms with van der Waals surface area (Å²) in [6.45, 7) is 6.21. The Hall–Kier alpha value is -0.980. The minimum Gasteiger partial charge on any atom is -0.312 e. The average molecular weight is 280 g/mol. The third kappa shape index (κ3) is 4.36. The van der Waals surface area contributed by atoms with Gasteiger partial charge < -0.3 is 5.32 Å². The molecule has 4 nitrogen and oxygen atoms in total. The highest BCUT2D eigenvalue weighted by atomic mass is 32.2. The van der Waals surface area contributed by atoms with Gasteiger partial charge in [0.2, 0.25) is 0 Å². The van der Waals surface area contributed by atoms with E-state index in [-0.39, 0.29) is 0 Å². The van der Waals surface area contributed by atoms with E-state index >= 15 is 0 Å². The molecule has 6 heteroatoms. The Kier molecular flexibility index (Phi) is 5.10. The van der Waals surface area contributed by atoms with Gasteiger partial charge in [0.15, 0.2) is 9.50 Å². The molecular weight excluding hydrogens is 264 g/mol. The standard InChI is InChI=1S/C12H16N4S2/c1-9(2)5-13-6-10-7-15-11(16-8-10)18-12-14-3-4-17-12/h3-4,7-9,13H,5-6H2,1-2H3. The van der Waals surface area contributed by atoms with Gasteiger partial charge in [0.05, 0.1) is 0 Å². The van der Waals surface area contributed by atoms with Gasteiger partial charge in [0, 0.05) is 36.1 Å². The van der Waals surface area contributed by atoms with Crippen LogP contribution in [0.25, 0.3) is 0 Å². The second-order valence-electron chi connectivity index (χ2n) is 4.30. The van der Waals surface area contributed by atoms with Crippen LogP contribution in [-0.4, -0.2) is 21.5 Å². The molecule has 0 spiro atoms. The van der Waals surface area contributed by atoms with Crippen molar-refractivity contribution in [3.8, 4) is 0 Å². The van der Waals surface area contributed by atoms with Crippen LogP contribution in [0.15, 0.2) is 33.5 Å². The van der Waals surface area contributed by atoms with Crippen molar-refractivity contribution in [1.82, 2.24) is 20.3 Å². The SMILES string of the molecule is CC(C)CNCc1cnc(Sc2nccs2)nc1. The smallest absolute Gasteiger partial charge is 0.194 e. The zero-order valence-electron chi connectivity index (χ0n) is 10.5. The van der Waals surface area contributed by atoms with Crippen molar-refractivity contribution in [1.29, 1.82) is 0 Å². The van der Waals surface area contributed by atoms with Gasteiger partial charge in [0.1, 0.15) is 0 Å². The first kappa shape index (κ1) is 13.5. The van der Waals surface area contributed by atoms with Gasteiger partial charge in [-0.3, -0.25) is 0 Å². The fourth-order valence-corrected chi connectivity index (χ4v) is 2.75. The van der Waals surface area contributed by atoms with E-state index in [2.05, 4.69) is 34.1 Å². The molecule has 96 valence electrons. The summed E-state index contributed by atoms with van der Waals surface area (Å²) < 4.78 is 0.973. The highest BCUT2D eigenvalue weighted by Gasteiger charge is 2.03. The Labute approximate surface area is 115 Å². The van der Waals surface area contributed by atoms with E-state index in [1.165, 1.54) is 11.8 Å². The number of thiazole rings is 1.